The van der Waals surface area contributed by atoms with Crippen molar-refractivity contribution in [2.24, 2.45) is 0 Å². The fraction of sp³-hybridized carbons (Fsp3) is 0.143. The van der Waals surface area contributed by atoms with Crippen LogP contribution in [0.15, 0.2) is 16.6 Å². The lowest BCUT2D eigenvalue weighted by Crippen LogP contribution is -1.94. The van der Waals surface area contributed by atoms with Crippen molar-refractivity contribution in [1.29, 1.82) is 0 Å². The van der Waals surface area contributed by atoms with Gasteiger partial charge in [-0.25, -0.2) is 8.78 Å². The van der Waals surface area contributed by atoms with Gasteiger partial charge < -0.3 is 0 Å². The molecule has 0 spiro atoms. The molecule has 0 bridgehead atoms. The van der Waals surface area contributed by atoms with Gasteiger partial charge in [0.2, 0.25) is 0 Å². The summed E-state index contributed by atoms with van der Waals surface area (Å²) >= 11 is 13.6. The van der Waals surface area contributed by atoms with Gasteiger partial charge in [-0.15, -0.1) is 0 Å². The van der Waals surface area contributed by atoms with E-state index < -0.39 is 16.5 Å². The van der Waals surface area contributed by atoms with Crippen LogP contribution in [-0.4, -0.2) is 0 Å². The summed E-state index contributed by atoms with van der Waals surface area (Å²) in [5.41, 5.74) is -0.318. The Morgan fingerprint density at radius 3 is 1.92 bits per heavy atom. The van der Waals surface area contributed by atoms with Crippen LogP contribution in [0.1, 0.15) is 10.4 Å². The van der Waals surface area contributed by atoms with Crippen molar-refractivity contribution >= 4 is 39.1 Å². The van der Waals surface area contributed by atoms with Crippen molar-refractivity contribution in [3.63, 3.8) is 0 Å². The third-order valence-corrected chi connectivity index (χ3v) is 2.16. The van der Waals surface area contributed by atoms with Gasteiger partial charge in [0.25, 0.3) is 0 Å². The molecule has 1 aromatic carbocycles. The standard InChI is InChI=1S/C7H3BrCl2F2/c8-3-1-4(11)6(7(9)10)5(12)2-3/h1-2,7H. The van der Waals surface area contributed by atoms with Crippen molar-refractivity contribution in [1.82, 2.24) is 0 Å². The first-order valence-electron chi connectivity index (χ1n) is 2.95. The fourth-order valence-corrected chi connectivity index (χ4v) is 1.58. The maximum absolute atomic E-state index is 12.9. The molecule has 0 saturated carbocycles. The van der Waals surface area contributed by atoms with Gasteiger partial charge in [-0.1, -0.05) is 39.1 Å². The van der Waals surface area contributed by atoms with Crippen molar-refractivity contribution in [2.45, 2.75) is 4.84 Å². The molecule has 0 aliphatic rings. The van der Waals surface area contributed by atoms with E-state index in [1.165, 1.54) is 0 Å². The Balaban J connectivity index is 3.28. The van der Waals surface area contributed by atoms with Crippen molar-refractivity contribution in [3.8, 4) is 0 Å². The van der Waals surface area contributed by atoms with Gasteiger partial charge in [-0.3, -0.25) is 0 Å². The molecule has 0 aromatic heterocycles. The van der Waals surface area contributed by atoms with E-state index in [0.717, 1.165) is 12.1 Å². The quantitative estimate of drug-likeness (QED) is 0.674. The van der Waals surface area contributed by atoms with Gasteiger partial charge in [-0.2, -0.15) is 0 Å². The van der Waals surface area contributed by atoms with E-state index in [9.17, 15) is 8.78 Å². The predicted molar refractivity (Wildman–Crippen MR) is 48.5 cm³/mol. The predicted octanol–water partition coefficient (Wildman–Crippen LogP) is 4.20. The minimum atomic E-state index is -1.18. The zero-order chi connectivity index (χ0) is 9.30. The summed E-state index contributed by atoms with van der Waals surface area (Å²) in [6.07, 6.45) is 0. The number of halogens is 5. The molecule has 5 heteroatoms. The number of alkyl halides is 2. The Hall–Kier alpha value is 0.140. The Morgan fingerprint density at radius 1 is 1.17 bits per heavy atom. The lowest BCUT2D eigenvalue weighted by molar-refractivity contribution is 0.562. The molecule has 1 rings (SSSR count). The van der Waals surface area contributed by atoms with E-state index in [-0.39, 0.29) is 5.56 Å². The van der Waals surface area contributed by atoms with E-state index in [1.54, 1.807) is 0 Å². The van der Waals surface area contributed by atoms with Gasteiger partial charge in [0.1, 0.15) is 16.5 Å². The van der Waals surface area contributed by atoms with Crippen LogP contribution in [0.2, 0.25) is 0 Å². The largest absolute Gasteiger partial charge is 0.206 e. The van der Waals surface area contributed by atoms with Crippen LogP contribution in [0.25, 0.3) is 0 Å². The summed E-state index contributed by atoms with van der Waals surface area (Å²) in [7, 11) is 0. The lowest BCUT2D eigenvalue weighted by atomic mass is 10.2. The molecular weight excluding hydrogens is 273 g/mol. The summed E-state index contributed by atoms with van der Waals surface area (Å²) in [6, 6.07) is 2.21. The third-order valence-electron chi connectivity index (χ3n) is 1.26. The SMILES string of the molecule is Fc1cc(Br)cc(F)c1C(Cl)Cl. The van der Waals surface area contributed by atoms with Gasteiger partial charge in [-0.05, 0) is 12.1 Å². The maximum Gasteiger partial charge on any atom is 0.138 e. The highest BCUT2D eigenvalue weighted by atomic mass is 79.9. The van der Waals surface area contributed by atoms with Gasteiger partial charge in [0.05, 0.1) is 5.56 Å². The molecule has 12 heavy (non-hydrogen) atoms. The zero-order valence-electron chi connectivity index (χ0n) is 5.62. The highest BCUT2D eigenvalue weighted by molar-refractivity contribution is 9.10. The van der Waals surface area contributed by atoms with E-state index in [1.807, 2.05) is 0 Å². The van der Waals surface area contributed by atoms with Crippen LogP contribution in [0.5, 0.6) is 0 Å². The van der Waals surface area contributed by atoms with E-state index in [2.05, 4.69) is 15.9 Å². The Bertz CT molecular complexity index is 278. The minimum Gasteiger partial charge on any atom is -0.206 e. The highest BCUT2D eigenvalue weighted by Crippen LogP contribution is 2.31. The summed E-state index contributed by atoms with van der Waals surface area (Å²) in [5.74, 6) is -1.51. The zero-order valence-corrected chi connectivity index (χ0v) is 8.72. The van der Waals surface area contributed by atoms with Gasteiger partial charge >= 0.3 is 0 Å². The number of rotatable bonds is 1. The molecular formula is C7H3BrCl2F2. The average molecular weight is 276 g/mol. The third kappa shape index (κ3) is 2.09. The van der Waals surface area contributed by atoms with Crippen LogP contribution in [0.4, 0.5) is 8.78 Å². The molecule has 0 N–H and O–H groups in total. The smallest absolute Gasteiger partial charge is 0.138 e. The van der Waals surface area contributed by atoms with Crippen LogP contribution in [0, 0.1) is 11.6 Å². The average Bonchev–Trinajstić information content (AvgIpc) is 1.82. The molecule has 0 amide bonds. The van der Waals surface area contributed by atoms with Crippen LogP contribution < -0.4 is 0 Å². The Morgan fingerprint density at radius 2 is 1.58 bits per heavy atom. The molecule has 0 fully saturated rings. The first kappa shape index (κ1) is 10.2. The Labute approximate surface area is 86.6 Å². The summed E-state index contributed by atoms with van der Waals surface area (Å²) in [5, 5.41) is 0. The maximum atomic E-state index is 12.9. The molecule has 0 aliphatic carbocycles. The minimum absolute atomic E-state index is 0.315. The second-order valence-corrected chi connectivity index (χ2v) is 4.10. The second-order valence-electron chi connectivity index (χ2n) is 2.08. The van der Waals surface area contributed by atoms with E-state index in [0.29, 0.717) is 4.47 Å². The molecule has 0 radical (unpaired) electrons. The molecule has 0 heterocycles. The number of benzene rings is 1. The van der Waals surface area contributed by atoms with Crippen LogP contribution >= 0.6 is 39.1 Å². The Kier molecular flexibility index (Phi) is 3.32. The van der Waals surface area contributed by atoms with Crippen molar-refractivity contribution < 1.29 is 8.78 Å². The normalized spacial score (nSPS) is 10.8. The molecule has 0 nitrogen and oxygen atoms in total. The first-order valence-corrected chi connectivity index (χ1v) is 4.61. The fourth-order valence-electron chi connectivity index (χ4n) is 0.762. The highest BCUT2D eigenvalue weighted by Gasteiger charge is 2.16. The summed E-state index contributed by atoms with van der Waals surface area (Å²) in [6.45, 7) is 0. The van der Waals surface area contributed by atoms with Crippen molar-refractivity contribution in [3.05, 3.63) is 33.8 Å². The molecule has 0 saturated heterocycles. The molecule has 1 aromatic rings. The van der Waals surface area contributed by atoms with Crippen LogP contribution in [0.3, 0.4) is 0 Å². The molecule has 0 unspecified atom stereocenters. The number of hydrogen-bond acceptors (Lipinski definition) is 0. The monoisotopic (exact) mass is 274 g/mol. The molecule has 66 valence electrons. The molecule has 0 atom stereocenters. The van der Waals surface area contributed by atoms with E-state index in [4.69, 9.17) is 23.2 Å². The topological polar surface area (TPSA) is 0 Å². The van der Waals surface area contributed by atoms with Gasteiger partial charge in [0, 0.05) is 4.47 Å². The first-order chi connectivity index (χ1) is 5.52. The number of hydrogen-bond donors (Lipinski definition) is 0. The van der Waals surface area contributed by atoms with E-state index >= 15 is 0 Å². The van der Waals surface area contributed by atoms with Crippen LogP contribution in [-0.2, 0) is 0 Å². The van der Waals surface area contributed by atoms with Crippen molar-refractivity contribution in [2.75, 3.05) is 0 Å². The summed E-state index contributed by atoms with van der Waals surface area (Å²) < 4.78 is 26.2. The second kappa shape index (κ2) is 3.90. The summed E-state index contributed by atoms with van der Waals surface area (Å²) in [4.78, 5) is -1.18. The van der Waals surface area contributed by atoms with Gasteiger partial charge in [0.15, 0.2) is 0 Å². The molecule has 0 aliphatic heterocycles. The lowest BCUT2D eigenvalue weighted by Gasteiger charge is -2.05.